The molecule has 0 heterocycles. The van der Waals surface area contributed by atoms with E-state index in [-0.39, 0.29) is 17.6 Å². The summed E-state index contributed by atoms with van der Waals surface area (Å²) in [4.78, 5) is 0. The minimum atomic E-state index is 0. The molecular weight excluding hydrogens is 173 g/mol. The Morgan fingerprint density at radius 2 is 1.50 bits per heavy atom. The van der Waals surface area contributed by atoms with Crippen LogP contribution in [0.25, 0.3) is 0 Å². The first-order valence-corrected chi connectivity index (χ1v) is 3.41. The summed E-state index contributed by atoms with van der Waals surface area (Å²) in [6.45, 7) is 0. The van der Waals surface area contributed by atoms with Gasteiger partial charge in [0.1, 0.15) is 0 Å². The molecule has 0 aromatic heterocycles. The zero-order chi connectivity index (χ0) is 5.11. The van der Waals surface area contributed by atoms with Crippen molar-refractivity contribution in [2.75, 3.05) is 0 Å². The Morgan fingerprint density at radius 1 is 1.00 bits per heavy atom. The van der Waals surface area contributed by atoms with Crippen molar-refractivity contribution in [2.24, 2.45) is 0 Å². The molecule has 1 aromatic rings. The fourth-order valence-electron chi connectivity index (χ4n) is 0.534. The van der Waals surface area contributed by atoms with Gasteiger partial charge in [0.25, 0.3) is 0 Å². The maximum absolute atomic E-state index is 2.15. The number of rotatable bonds is 0. The minimum absolute atomic E-state index is 0. The molecular formula is C6H12GeSi. The van der Waals surface area contributed by atoms with Gasteiger partial charge in [-0.3, -0.25) is 0 Å². The third-order valence-electron chi connectivity index (χ3n) is 0.940. The second-order valence-corrected chi connectivity index (χ2v) is 2.81. The van der Waals surface area contributed by atoms with Crippen LogP contribution in [-0.2, 0) is 0 Å². The Hall–Kier alpha value is -0.0203. The molecule has 0 N–H and O–H groups in total. The summed E-state index contributed by atoms with van der Waals surface area (Å²) in [6, 6.07) is 10.5. The van der Waals surface area contributed by atoms with Gasteiger partial charge >= 0.3 is 17.6 Å². The summed E-state index contributed by atoms with van der Waals surface area (Å²) in [5.41, 5.74) is 0. The van der Waals surface area contributed by atoms with Gasteiger partial charge in [0.05, 0.1) is 0 Å². The molecule has 8 heavy (non-hydrogen) atoms. The van der Waals surface area contributed by atoms with Crippen LogP contribution in [0.4, 0.5) is 0 Å². The fraction of sp³-hybridized carbons (Fsp3) is 0. The summed E-state index contributed by atoms with van der Waals surface area (Å²) in [5, 5.41) is 1.46. The van der Waals surface area contributed by atoms with E-state index in [4.69, 9.17) is 0 Å². The normalized spacial score (nSPS) is 8.00. The SMILES string of the molecule is [GeH4].[SiH3]c1ccccc1. The van der Waals surface area contributed by atoms with Gasteiger partial charge in [-0.25, -0.2) is 0 Å². The van der Waals surface area contributed by atoms with Gasteiger partial charge in [-0.05, 0) is 0 Å². The maximum atomic E-state index is 2.15. The van der Waals surface area contributed by atoms with Crippen LogP contribution in [0.15, 0.2) is 30.3 Å². The molecule has 0 atom stereocenters. The molecule has 1 rings (SSSR count). The van der Waals surface area contributed by atoms with Crippen molar-refractivity contribution in [3.63, 3.8) is 0 Å². The quantitative estimate of drug-likeness (QED) is 0.419. The van der Waals surface area contributed by atoms with Crippen molar-refractivity contribution in [1.29, 1.82) is 0 Å². The van der Waals surface area contributed by atoms with E-state index in [1.165, 1.54) is 15.4 Å². The summed E-state index contributed by atoms with van der Waals surface area (Å²) in [7, 11) is 1.17. The van der Waals surface area contributed by atoms with Crippen molar-refractivity contribution >= 4 is 33.0 Å². The zero-order valence-electron chi connectivity index (χ0n) is 4.39. The number of hydrogen-bond donors (Lipinski definition) is 0. The van der Waals surface area contributed by atoms with E-state index < -0.39 is 0 Å². The van der Waals surface area contributed by atoms with Crippen LogP contribution in [0.2, 0.25) is 0 Å². The first-order valence-electron chi connectivity index (χ1n) is 2.41. The van der Waals surface area contributed by atoms with Crippen molar-refractivity contribution in [3.05, 3.63) is 30.3 Å². The largest absolute Gasteiger partial charge is 0.0708 e. The van der Waals surface area contributed by atoms with Gasteiger partial charge in [-0.2, -0.15) is 0 Å². The van der Waals surface area contributed by atoms with Crippen LogP contribution < -0.4 is 5.19 Å². The molecule has 0 unspecified atom stereocenters. The van der Waals surface area contributed by atoms with E-state index in [1.807, 2.05) is 6.07 Å². The molecule has 0 aliphatic carbocycles. The van der Waals surface area contributed by atoms with E-state index in [9.17, 15) is 0 Å². The predicted molar refractivity (Wildman–Crippen MR) is 47.3 cm³/mol. The molecule has 0 saturated carbocycles. The molecule has 0 fully saturated rings. The van der Waals surface area contributed by atoms with Gasteiger partial charge in [-0.15, -0.1) is 0 Å². The molecule has 1 aromatic carbocycles. The van der Waals surface area contributed by atoms with Crippen molar-refractivity contribution in [1.82, 2.24) is 0 Å². The molecule has 0 aliphatic rings. The summed E-state index contributed by atoms with van der Waals surface area (Å²) in [6.07, 6.45) is 0. The molecule has 0 radical (unpaired) electrons. The average Bonchev–Trinajstić information content (AvgIpc) is 1.69. The van der Waals surface area contributed by atoms with E-state index in [0.29, 0.717) is 0 Å². The van der Waals surface area contributed by atoms with E-state index >= 15 is 0 Å². The van der Waals surface area contributed by atoms with Gasteiger partial charge in [0.15, 0.2) is 0 Å². The summed E-state index contributed by atoms with van der Waals surface area (Å²) in [5.74, 6) is 0. The molecule has 0 nitrogen and oxygen atoms in total. The Morgan fingerprint density at radius 3 is 1.75 bits per heavy atom. The first-order chi connectivity index (χ1) is 3.39. The third-order valence-corrected chi connectivity index (χ3v) is 1.61. The smallest absolute Gasteiger partial charge is 0.0384 e. The molecule has 0 bridgehead atoms. The van der Waals surface area contributed by atoms with E-state index in [1.54, 1.807) is 0 Å². The topological polar surface area (TPSA) is 0 Å². The predicted octanol–water partition coefficient (Wildman–Crippen LogP) is -1.77. The first kappa shape index (κ1) is 7.98. The van der Waals surface area contributed by atoms with Crippen LogP contribution in [0.5, 0.6) is 0 Å². The van der Waals surface area contributed by atoms with Crippen molar-refractivity contribution in [3.8, 4) is 0 Å². The Bertz CT molecular complexity index is 138. The maximum Gasteiger partial charge on any atom is 0.0384 e. The van der Waals surface area contributed by atoms with Gasteiger partial charge in [-0.1, -0.05) is 35.5 Å². The Kier molecular flexibility index (Phi) is 3.91. The fourth-order valence-corrected chi connectivity index (χ4v) is 0.919. The monoisotopic (exact) mass is 186 g/mol. The summed E-state index contributed by atoms with van der Waals surface area (Å²) >= 11 is 0. The third kappa shape index (κ3) is 2.33. The van der Waals surface area contributed by atoms with Crippen LogP contribution >= 0.6 is 0 Å². The minimum Gasteiger partial charge on any atom is -0.0708 e. The van der Waals surface area contributed by atoms with Crippen molar-refractivity contribution in [2.45, 2.75) is 0 Å². The number of benzene rings is 1. The van der Waals surface area contributed by atoms with Crippen LogP contribution in [0.1, 0.15) is 0 Å². The molecule has 0 spiro atoms. The Balaban J connectivity index is 0.000000490. The van der Waals surface area contributed by atoms with Crippen LogP contribution in [-0.4, -0.2) is 27.8 Å². The second-order valence-electron chi connectivity index (χ2n) is 1.65. The van der Waals surface area contributed by atoms with Crippen molar-refractivity contribution < 1.29 is 0 Å². The molecule has 0 amide bonds. The van der Waals surface area contributed by atoms with Gasteiger partial charge < -0.3 is 0 Å². The molecule has 0 saturated heterocycles. The van der Waals surface area contributed by atoms with E-state index in [2.05, 4.69) is 24.3 Å². The molecule has 2 heteroatoms. The second kappa shape index (κ2) is 3.92. The summed E-state index contributed by atoms with van der Waals surface area (Å²) < 4.78 is 0. The van der Waals surface area contributed by atoms with Crippen LogP contribution in [0, 0.1) is 0 Å². The Labute approximate surface area is 63.7 Å². The zero-order valence-corrected chi connectivity index (χ0v) is 6.39. The molecule has 0 aliphatic heterocycles. The molecule has 44 valence electrons. The van der Waals surface area contributed by atoms with Crippen LogP contribution in [0.3, 0.4) is 0 Å². The van der Waals surface area contributed by atoms with Gasteiger partial charge in [0, 0.05) is 10.2 Å². The van der Waals surface area contributed by atoms with E-state index in [0.717, 1.165) is 0 Å². The number of hydrogen-bond acceptors (Lipinski definition) is 0. The van der Waals surface area contributed by atoms with Gasteiger partial charge in [0.2, 0.25) is 0 Å². The average molecular weight is 185 g/mol. The standard InChI is InChI=1S/C6H8Si.GeH4/c7-6-4-2-1-3-5-6;/h1-5H,7H3;1H4.